The van der Waals surface area contributed by atoms with E-state index >= 15 is 0 Å². The van der Waals surface area contributed by atoms with Crippen molar-refractivity contribution in [3.05, 3.63) is 24.3 Å². The minimum absolute atomic E-state index is 0.0107. The zero-order valence-electron chi connectivity index (χ0n) is 9.10. The number of thioether (sulfide) groups is 1. The SMILES string of the molecule is CNC(=O)NC(N)=Nc1cccc(SC#N)c1. The first-order chi connectivity index (χ1) is 8.15. The van der Waals surface area contributed by atoms with Gasteiger partial charge in [0, 0.05) is 11.9 Å². The molecule has 17 heavy (non-hydrogen) atoms. The fourth-order valence-electron chi connectivity index (χ4n) is 1.02. The largest absolute Gasteiger partial charge is 0.369 e. The van der Waals surface area contributed by atoms with E-state index in [0.717, 1.165) is 16.7 Å². The number of nitrogens with zero attached hydrogens (tertiary/aromatic N) is 2. The molecule has 0 aliphatic heterocycles. The molecule has 1 aromatic carbocycles. The number of carbonyl (C=O) groups excluding carboxylic acids is 1. The van der Waals surface area contributed by atoms with E-state index in [4.69, 9.17) is 11.0 Å². The second-order valence-corrected chi connectivity index (χ2v) is 3.75. The summed E-state index contributed by atoms with van der Waals surface area (Å²) in [6, 6.07) is 6.53. The first kappa shape index (κ1) is 12.9. The van der Waals surface area contributed by atoms with Gasteiger partial charge in [0.2, 0.25) is 5.96 Å². The highest BCUT2D eigenvalue weighted by atomic mass is 32.2. The molecule has 1 rings (SSSR count). The molecule has 0 aliphatic rings. The molecule has 0 saturated carbocycles. The number of nitriles is 1. The first-order valence-electron chi connectivity index (χ1n) is 4.64. The lowest BCUT2D eigenvalue weighted by Gasteiger charge is -2.03. The average molecular weight is 249 g/mol. The van der Waals surface area contributed by atoms with E-state index in [9.17, 15) is 4.79 Å². The molecule has 4 N–H and O–H groups in total. The number of guanidine groups is 1. The maximum absolute atomic E-state index is 11.0. The Labute approximate surface area is 103 Å². The van der Waals surface area contributed by atoms with Crippen LogP contribution in [0.2, 0.25) is 0 Å². The monoisotopic (exact) mass is 249 g/mol. The van der Waals surface area contributed by atoms with Crippen LogP contribution >= 0.6 is 11.8 Å². The van der Waals surface area contributed by atoms with Crippen LogP contribution in [-0.4, -0.2) is 19.0 Å². The number of carbonyl (C=O) groups is 1. The predicted octanol–water partition coefficient (Wildman–Crippen LogP) is 1.13. The molecule has 88 valence electrons. The molecule has 6 nitrogen and oxygen atoms in total. The van der Waals surface area contributed by atoms with Crippen LogP contribution < -0.4 is 16.4 Å². The van der Waals surface area contributed by atoms with Gasteiger partial charge in [0.05, 0.1) is 5.69 Å². The van der Waals surface area contributed by atoms with Crippen LogP contribution in [0.1, 0.15) is 0 Å². The highest BCUT2D eigenvalue weighted by molar-refractivity contribution is 8.03. The summed E-state index contributed by atoms with van der Waals surface area (Å²) < 4.78 is 0. The van der Waals surface area contributed by atoms with Crippen LogP contribution in [0.15, 0.2) is 34.2 Å². The molecular weight excluding hydrogens is 238 g/mol. The normalized spacial score (nSPS) is 10.5. The van der Waals surface area contributed by atoms with Gasteiger partial charge >= 0.3 is 6.03 Å². The number of nitrogens with two attached hydrogens (primary N) is 1. The van der Waals surface area contributed by atoms with E-state index in [1.165, 1.54) is 7.05 Å². The summed E-state index contributed by atoms with van der Waals surface area (Å²) >= 11 is 1.03. The van der Waals surface area contributed by atoms with Gasteiger partial charge in [-0.05, 0) is 30.0 Å². The number of amides is 2. The van der Waals surface area contributed by atoms with Gasteiger partial charge in [-0.15, -0.1) is 0 Å². The van der Waals surface area contributed by atoms with Gasteiger partial charge in [-0.25, -0.2) is 9.79 Å². The Balaban J connectivity index is 2.79. The second-order valence-electron chi connectivity index (χ2n) is 2.89. The Morgan fingerprint density at radius 1 is 1.59 bits per heavy atom. The molecule has 0 heterocycles. The van der Waals surface area contributed by atoms with Crippen molar-refractivity contribution in [3.63, 3.8) is 0 Å². The van der Waals surface area contributed by atoms with Crippen LogP contribution in [0.5, 0.6) is 0 Å². The third kappa shape index (κ3) is 4.44. The Morgan fingerprint density at radius 2 is 2.35 bits per heavy atom. The van der Waals surface area contributed by atoms with E-state index in [0.29, 0.717) is 5.69 Å². The Morgan fingerprint density at radius 3 is 3.00 bits per heavy atom. The molecule has 0 spiro atoms. The summed E-state index contributed by atoms with van der Waals surface area (Å²) in [6.07, 6.45) is 0. The molecule has 1 aromatic rings. The highest BCUT2D eigenvalue weighted by Gasteiger charge is 2.00. The number of thiocyanates is 1. The van der Waals surface area contributed by atoms with E-state index in [-0.39, 0.29) is 5.96 Å². The van der Waals surface area contributed by atoms with E-state index in [1.54, 1.807) is 24.3 Å². The summed E-state index contributed by atoms with van der Waals surface area (Å²) in [5.41, 5.74) is 6.08. The molecule has 0 atom stereocenters. The quantitative estimate of drug-likeness (QED) is 0.316. The van der Waals surface area contributed by atoms with Gasteiger partial charge in [0.25, 0.3) is 0 Å². The van der Waals surface area contributed by atoms with Crippen molar-refractivity contribution in [1.29, 1.82) is 5.26 Å². The average Bonchev–Trinajstić information content (AvgIpc) is 2.29. The summed E-state index contributed by atoms with van der Waals surface area (Å²) in [7, 11) is 1.48. The van der Waals surface area contributed by atoms with Crippen molar-refractivity contribution in [2.75, 3.05) is 7.05 Å². The Bertz CT molecular complexity index is 480. The van der Waals surface area contributed by atoms with Gasteiger partial charge < -0.3 is 11.1 Å². The number of benzene rings is 1. The second kappa shape index (κ2) is 6.40. The van der Waals surface area contributed by atoms with Gasteiger partial charge in [0.1, 0.15) is 5.40 Å². The molecule has 0 bridgehead atoms. The zero-order valence-corrected chi connectivity index (χ0v) is 9.91. The number of urea groups is 1. The highest BCUT2D eigenvalue weighted by Crippen LogP contribution is 2.21. The molecular formula is C10H11N5OS. The smallest absolute Gasteiger partial charge is 0.321 e. The van der Waals surface area contributed by atoms with Crippen molar-refractivity contribution in [1.82, 2.24) is 10.6 Å². The summed E-state index contributed by atoms with van der Waals surface area (Å²) in [4.78, 5) is 15.7. The van der Waals surface area contributed by atoms with Gasteiger partial charge in [-0.1, -0.05) is 6.07 Å². The maximum atomic E-state index is 11.0. The summed E-state index contributed by atoms with van der Waals surface area (Å²) in [6.45, 7) is 0. The third-order valence-electron chi connectivity index (χ3n) is 1.70. The predicted molar refractivity (Wildman–Crippen MR) is 66.8 cm³/mol. The fourth-order valence-corrected chi connectivity index (χ4v) is 1.45. The number of nitrogens with one attached hydrogen (secondary N) is 2. The molecule has 0 unspecified atom stereocenters. The lowest BCUT2D eigenvalue weighted by Crippen LogP contribution is -2.41. The molecule has 0 saturated heterocycles. The summed E-state index contributed by atoms with van der Waals surface area (Å²) in [5.74, 6) is -0.0107. The lowest BCUT2D eigenvalue weighted by molar-refractivity contribution is 0.247. The van der Waals surface area contributed by atoms with Crippen molar-refractivity contribution in [3.8, 4) is 5.40 Å². The van der Waals surface area contributed by atoms with Crippen molar-refractivity contribution in [2.45, 2.75) is 4.90 Å². The third-order valence-corrected chi connectivity index (χ3v) is 2.28. The van der Waals surface area contributed by atoms with Gasteiger partial charge in [-0.2, -0.15) is 5.26 Å². The van der Waals surface area contributed by atoms with Crippen LogP contribution in [0.25, 0.3) is 0 Å². The van der Waals surface area contributed by atoms with E-state index < -0.39 is 6.03 Å². The van der Waals surface area contributed by atoms with Gasteiger partial charge in [-0.3, -0.25) is 5.32 Å². The van der Waals surface area contributed by atoms with Crippen molar-refractivity contribution in [2.24, 2.45) is 10.7 Å². The first-order valence-corrected chi connectivity index (χ1v) is 5.46. The minimum atomic E-state index is -0.436. The van der Waals surface area contributed by atoms with Crippen LogP contribution in [-0.2, 0) is 0 Å². The Hall–Kier alpha value is -2.20. The maximum Gasteiger partial charge on any atom is 0.321 e. The van der Waals surface area contributed by atoms with Crippen LogP contribution in [0.3, 0.4) is 0 Å². The summed E-state index contributed by atoms with van der Waals surface area (Å²) in [5, 5.41) is 15.2. The number of aliphatic imine (C=N–C) groups is 1. The molecule has 7 heteroatoms. The van der Waals surface area contributed by atoms with E-state index in [2.05, 4.69) is 15.6 Å². The minimum Gasteiger partial charge on any atom is -0.369 e. The zero-order chi connectivity index (χ0) is 12.7. The number of rotatable bonds is 2. The number of hydrogen-bond acceptors (Lipinski definition) is 4. The van der Waals surface area contributed by atoms with Crippen LogP contribution in [0.4, 0.5) is 10.5 Å². The van der Waals surface area contributed by atoms with Gasteiger partial charge in [0.15, 0.2) is 0 Å². The molecule has 0 fully saturated rings. The molecule has 0 radical (unpaired) electrons. The van der Waals surface area contributed by atoms with Crippen LogP contribution in [0, 0.1) is 10.7 Å². The van der Waals surface area contributed by atoms with Crippen molar-refractivity contribution < 1.29 is 4.79 Å². The van der Waals surface area contributed by atoms with E-state index in [1.807, 2.05) is 5.40 Å². The van der Waals surface area contributed by atoms with Crippen molar-refractivity contribution >= 4 is 29.4 Å². The topological polar surface area (TPSA) is 103 Å². The lowest BCUT2D eigenvalue weighted by atomic mass is 10.3. The Kier molecular flexibility index (Phi) is 4.84. The standard InChI is InChI=1S/C10H11N5OS/c1-13-10(16)15-9(12)14-7-3-2-4-8(5-7)17-6-11/h2-5H,1H3,(H4,12,13,14,15,16). The molecule has 0 aliphatic carbocycles. The number of hydrogen-bond donors (Lipinski definition) is 3. The molecule has 2 amide bonds. The molecule has 0 aromatic heterocycles. The fraction of sp³-hybridized carbons (Fsp3) is 0.100.